The Morgan fingerprint density at radius 1 is 1.53 bits per heavy atom. The lowest BCUT2D eigenvalue weighted by Gasteiger charge is -2.27. The average Bonchev–Trinajstić information content (AvgIpc) is 3.15. The van der Waals surface area contributed by atoms with Crippen molar-refractivity contribution in [2.45, 2.75) is 18.9 Å². The molecule has 1 aliphatic rings. The lowest BCUT2D eigenvalue weighted by Crippen LogP contribution is -2.32. The summed E-state index contributed by atoms with van der Waals surface area (Å²) in [6.07, 6.45) is 2.17. The highest BCUT2D eigenvalue weighted by molar-refractivity contribution is 6.34. The Labute approximate surface area is 117 Å². The zero-order valence-electron chi connectivity index (χ0n) is 10.9. The Kier molecular flexibility index (Phi) is 4.17. The number of nitrogens with two attached hydrogens (primary N) is 2. The molecule has 0 aromatic heterocycles. The van der Waals surface area contributed by atoms with Crippen LogP contribution in [0.25, 0.3) is 0 Å². The molecule has 0 radical (unpaired) electrons. The van der Waals surface area contributed by atoms with E-state index < -0.39 is 5.91 Å². The maximum Gasteiger partial charge on any atom is 0.250 e. The molecule has 5 nitrogen and oxygen atoms in total. The Balaban J connectivity index is 2.42. The number of halogens is 1. The van der Waals surface area contributed by atoms with Gasteiger partial charge in [-0.15, -0.1) is 0 Å². The van der Waals surface area contributed by atoms with Crippen LogP contribution in [0.4, 0.5) is 11.4 Å². The zero-order chi connectivity index (χ0) is 14.0. The summed E-state index contributed by atoms with van der Waals surface area (Å²) in [5.74, 6) is -0.521. The van der Waals surface area contributed by atoms with Crippen molar-refractivity contribution in [1.82, 2.24) is 0 Å². The summed E-state index contributed by atoms with van der Waals surface area (Å²) in [6, 6.07) is 3.62. The first-order valence-corrected chi connectivity index (χ1v) is 6.56. The maximum absolute atomic E-state index is 11.6. The second kappa shape index (κ2) is 5.67. The number of methoxy groups -OCH3 is 1. The number of nitrogens with zero attached hydrogens (tertiary/aromatic N) is 1. The van der Waals surface area contributed by atoms with Crippen LogP contribution in [0, 0.1) is 0 Å². The van der Waals surface area contributed by atoms with Crippen molar-refractivity contribution in [2.24, 2.45) is 5.73 Å². The summed E-state index contributed by atoms with van der Waals surface area (Å²) in [7, 11) is 1.64. The highest BCUT2D eigenvalue weighted by Gasteiger charge is 2.32. The predicted octanol–water partition coefficient (Wildman–Crippen LogP) is 1.64. The molecule has 0 heterocycles. The van der Waals surface area contributed by atoms with Gasteiger partial charge in [-0.2, -0.15) is 0 Å². The monoisotopic (exact) mass is 283 g/mol. The molecule has 1 fully saturated rings. The lowest BCUT2D eigenvalue weighted by atomic mass is 10.1. The van der Waals surface area contributed by atoms with Crippen LogP contribution in [-0.2, 0) is 4.74 Å². The number of carbonyl (C=O) groups is 1. The second-order valence-corrected chi connectivity index (χ2v) is 5.09. The lowest BCUT2D eigenvalue weighted by molar-refractivity contribution is 0.100. The van der Waals surface area contributed by atoms with Crippen LogP contribution in [-0.4, -0.2) is 32.2 Å². The summed E-state index contributed by atoms with van der Waals surface area (Å²) in [6.45, 7) is 1.24. The van der Waals surface area contributed by atoms with E-state index in [1.165, 1.54) is 0 Å². The minimum Gasteiger partial charge on any atom is -0.399 e. The quantitative estimate of drug-likeness (QED) is 0.778. The van der Waals surface area contributed by atoms with Crippen molar-refractivity contribution >= 4 is 28.9 Å². The molecule has 0 spiro atoms. The van der Waals surface area contributed by atoms with E-state index in [4.69, 9.17) is 27.8 Å². The summed E-state index contributed by atoms with van der Waals surface area (Å²) in [5.41, 5.74) is 12.6. The normalized spacial score (nSPS) is 14.4. The highest BCUT2D eigenvalue weighted by Crippen LogP contribution is 2.39. The van der Waals surface area contributed by atoms with Crippen LogP contribution in [0.3, 0.4) is 0 Å². The van der Waals surface area contributed by atoms with Crippen molar-refractivity contribution in [3.63, 3.8) is 0 Å². The molecule has 0 bridgehead atoms. The molecule has 0 unspecified atom stereocenters. The number of nitrogen functional groups attached to an aromatic ring is 1. The van der Waals surface area contributed by atoms with Gasteiger partial charge in [-0.3, -0.25) is 4.79 Å². The number of benzene rings is 1. The number of amides is 1. The number of primary amides is 1. The van der Waals surface area contributed by atoms with Gasteiger partial charge in [0, 0.05) is 25.4 Å². The topological polar surface area (TPSA) is 81.6 Å². The van der Waals surface area contributed by atoms with E-state index in [0.29, 0.717) is 41.2 Å². The highest BCUT2D eigenvalue weighted by atomic mass is 35.5. The fraction of sp³-hybridized carbons (Fsp3) is 0.462. The molecular weight excluding hydrogens is 266 g/mol. The van der Waals surface area contributed by atoms with E-state index in [1.807, 2.05) is 0 Å². The van der Waals surface area contributed by atoms with Gasteiger partial charge in [0.1, 0.15) is 0 Å². The van der Waals surface area contributed by atoms with E-state index in [9.17, 15) is 4.79 Å². The Morgan fingerprint density at radius 2 is 2.21 bits per heavy atom. The molecule has 104 valence electrons. The third-order valence-corrected chi connectivity index (χ3v) is 3.45. The fourth-order valence-electron chi connectivity index (χ4n) is 2.15. The first-order chi connectivity index (χ1) is 9.04. The van der Waals surface area contributed by atoms with Gasteiger partial charge in [-0.05, 0) is 25.0 Å². The summed E-state index contributed by atoms with van der Waals surface area (Å²) in [4.78, 5) is 13.7. The van der Waals surface area contributed by atoms with Gasteiger partial charge in [0.2, 0.25) is 0 Å². The van der Waals surface area contributed by atoms with Crippen molar-refractivity contribution in [1.29, 1.82) is 0 Å². The van der Waals surface area contributed by atoms with E-state index in [-0.39, 0.29) is 0 Å². The Hall–Kier alpha value is -1.46. The molecule has 1 saturated carbocycles. The SMILES string of the molecule is COCCN(c1c(Cl)cc(N)cc1C(N)=O)C1CC1. The molecule has 4 N–H and O–H groups in total. The van der Waals surface area contributed by atoms with E-state index in [2.05, 4.69) is 4.90 Å². The molecule has 19 heavy (non-hydrogen) atoms. The minimum atomic E-state index is -0.521. The summed E-state index contributed by atoms with van der Waals surface area (Å²) < 4.78 is 5.11. The minimum absolute atomic E-state index is 0.369. The molecule has 0 saturated heterocycles. The van der Waals surface area contributed by atoms with Crippen molar-refractivity contribution in [2.75, 3.05) is 30.9 Å². The standard InChI is InChI=1S/C13H18ClN3O2/c1-19-5-4-17(9-2-3-9)12-10(13(16)18)6-8(15)7-11(12)14/h6-7,9H,2-5,15H2,1H3,(H2,16,18). The number of carbonyl (C=O) groups excluding carboxylic acids is 1. The molecule has 1 amide bonds. The maximum atomic E-state index is 11.6. The average molecular weight is 284 g/mol. The smallest absolute Gasteiger partial charge is 0.250 e. The van der Waals surface area contributed by atoms with Gasteiger partial charge in [0.25, 0.3) is 5.91 Å². The predicted molar refractivity (Wildman–Crippen MR) is 76.6 cm³/mol. The van der Waals surface area contributed by atoms with E-state index >= 15 is 0 Å². The molecule has 1 aliphatic carbocycles. The molecule has 0 atom stereocenters. The Morgan fingerprint density at radius 3 is 2.74 bits per heavy atom. The Bertz CT molecular complexity index is 489. The largest absolute Gasteiger partial charge is 0.399 e. The summed E-state index contributed by atoms with van der Waals surface area (Å²) in [5, 5.41) is 0.455. The van der Waals surface area contributed by atoms with Gasteiger partial charge in [-0.25, -0.2) is 0 Å². The van der Waals surface area contributed by atoms with Crippen LogP contribution in [0.1, 0.15) is 23.2 Å². The molecular formula is C13H18ClN3O2. The molecule has 1 aromatic carbocycles. The van der Waals surface area contributed by atoms with Crippen LogP contribution in [0.5, 0.6) is 0 Å². The number of anilines is 2. The molecule has 2 rings (SSSR count). The van der Waals surface area contributed by atoms with Gasteiger partial charge < -0.3 is 21.1 Å². The van der Waals surface area contributed by atoms with Crippen LogP contribution < -0.4 is 16.4 Å². The van der Waals surface area contributed by atoms with Crippen molar-refractivity contribution in [3.8, 4) is 0 Å². The van der Waals surface area contributed by atoms with Gasteiger partial charge >= 0.3 is 0 Å². The fourth-order valence-corrected chi connectivity index (χ4v) is 2.49. The number of ether oxygens (including phenoxy) is 1. The second-order valence-electron chi connectivity index (χ2n) is 4.68. The van der Waals surface area contributed by atoms with E-state index in [1.54, 1.807) is 19.2 Å². The van der Waals surface area contributed by atoms with Gasteiger partial charge in [-0.1, -0.05) is 11.6 Å². The number of rotatable bonds is 6. The zero-order valence-corrected chi connectivity index (χ0v) is 11.6. The van der Waals surface area contributed by atoms with Gasteiger partial charge in [0.05, 0.1) is 22.9 Å². The third kappa shape index (κ3) is 3.11. The van der Waals surface area contributed by atoms with Gasteiger partial charge in [0.15, 0.2) is 0 Å². The molecule has 1 aromatic rings. The molecule has 6 heteroatoms. The first-order valence-electron chi connectivity index (χ1n) is 6.19. The van der Waals surface area contributed by atoms with Crippen LogP contribution >= 0.6 is 11.6 Å². The van der Waals surface area contributed by atoms with Crippen LogP contribution in [0.15, 0.2) is 12.1 Å². The summed E-state index contributed by atoms with van der Waals surface area (Å²) >= 11 is 6.25. The number of hydrogen-bond acceptors (Lipinski definition) is 4. The third-order valence-electron chi connectivity index (χ3n) is 3.16. The number of hydrogen-bond donors (Lipinski definition) is 2. The van der Waals surface area contributed by atoms with Crippen molar-refractivity contribution < 1.29 is 9.53 Å². The molecule has 0 aliphatic heterocycles. The van der Waals surface area contributed by atoms with E-state index in [0.717, 1.165) is 12.8 Å². The first kappa shape index (κ1) is 14.0. The van der Waals surface area contributed by atoms with Crippen LogP contribution in [0.2, 0.25) is 5.02 Å². The van der Waals surface area contributed by atoms with Crippen molar-refractivity contribution in [3.05, 3.63) is 22.7 Å².